The Hall–Kier alpha value is -3.97. The number of carbonyl (C=O) groups excluding carboxylic acids is 2. The number of nitrogens with zero attached hydrogens (tertiary/aromatic N) is 2. The molecule has 3 heterocycles. The Morgan fingerprint density at radius 1 is 0.846 bits per heavy atom. The molecule has 0 aromatic heterocycles. The fraction of sp³-hybridized carbons (Fsp3) is 0.344. The maximum atomic E-state index is 14.1. The van der Waals surface area contributed by atoms with E-state index in [0.29, 0.717) is 26.1 Å². The molecule has 3 aliphatic heterocycles. The van der Waals surface area contributed by atoms with Gasteiger partial charge in [0.15, 0.2) is 0 Å². The van der Waals surface area contributed by atoms with Gasteiger partial charge in [0, 0.05) is 12.6 Å². The van der Waals surface area contributed by atoms with Gasteiger partial charge in [-0.15, -0.1) is 0 Å². The number of carboxylic acids is 1. The number of likely N-dealkylation sites (tertiary alicyclic amines) is 2. The predicted molar refractivity (Wildman–Crippen MR) is 147 cm³/mol. The molecule has 2 N–H and O–H groups in total. The fourth-order valence-electron chi connectivity index (χ4n) is 6.81. The molecule has 0 aliphatic carbocycles. The first-order valence-electron chi connectivity index (χ1n) is 13.7. The number of carbonyl (C=O) groups is 3. The van der Waals surface area contributed by atoms with E-state index in [1.807, 2.05) is 78.9 Å². The monoisotopic (exact) mass is 523 g/mol. The summed E-state index contributed by atoms with van der Waals surface area (Å²) in [6.45, 7) is 1.78. The van der Waals surface area contributed by atoms with Crippen LogP contribution < -0.4 is 5.32 Å². The van der Waals surface area contributed by atoms with Crippen LogP contribution in [-0.2, 0) is 14.4 Å². The summed E-state index contributed by atoms with van der Waals surface area (Å²) < 4.78 is 0. The molecule has 200 valence electrons. The summed E-state index contributed by atoms with van der Waals surface area (Å²) in [5, 5.41) is 13.2. The van der Waals surface area contributed by atoms with Crippen LogP contribution in [0, 0.1) is 5.41 Å². The third-order valence-corrected chi connectivity index (χ3v) is 8.98. The molecule has 6 rings (SSSR count). The molecule has 7 nitrogen and oxygen atoms in total. The second-order valence-electron chi connectivity index (χ2n) is 11.0. The van der Waals surface area contributed by atoms with E-state index in [2.05, 4.69) is 22.3 Å². The van der Waals surface area contributed by atoms with Gasteiger partial charge in [0.05, 0.1) is 17.4 Å². The van der Waals surface area contributed by atoms with Crippen LogP contribution in [0.25, 0.3) is 0 Å². The quantitative estimate of drug-likeness (QED) is 0.480. The summed E-state index contributed by atoms with van der Waals surface area (Å²) in [5.41, 5.74) is 2.42. The summed E-state index contributed by atoms with van der Waals surface area (Å²) >= 11 is 0. The lowest BCUT2D eigenvalue weighted by Gasteiger charge is -2.53. The number of rotatable bonds is 6. The number of amides is 2. The number of β-lactam (4-membered cyclic amide) rings is 1. The van der Waals surface area contributed by atoms with Gasteiger partial charge in [-0.2, -0.15) is 0 Å². The molecule has 2 amide bonds. The fourth-order valence-corrected chi connectivity index (χ4v) is 6.81. The Morgan fingerprint density at radius 2 is 1.38 bits per heavy atom. The third kappa shape index (κ3) is 4.51. The number of carboxylic acid groups (broad SMARTS) is 1. The predicted octanol–water partition coefficient (Wildman–Crippen LogP) is 3.83. The van der Waals surface area contributed by atoms with Gasteiger partial charge in [-0.3, -0.25) is 14.5 Å². The smallest absolute Gasteiger partial charge is 0.326 e. The molecule has 3 aromatic rings. The van der Waals surface area contributed by atoms with Gasteiger partial charge >= 0.3 is 5.97 Å². The number of benzene rings is 3. The topological polar surface area (TPSA) is 89.9 Å². The van der Waals surface area contributed by atoms with Crippen LogP contribution in [0.3, 0.4) is 0 Å². The van der Waals surface area contributed by atoms with Gasteiger partial charge in [0.2, 0.25) is 11.8 Å². The molecular formula is C32H33N3O4. The second-order valence-corrected chi connectivity index (χ2v) is 11.0. The highest BCUT2D eigenvalue weighted by atomic mass is 16.4. The molecule has 3 atom stereocenters. The number of piperidine rings is 1. The van der Waals surface area contributed by atoms with Gasteiger partial charge in [0.25, 0.3) is 0 Å². The van der Waals surface area contributed by atoms with Gasteiger partial charge in [0.1, 0.15) is 6.04 Å². The minimum atomic E-state index is -0.971. The molecule has 3 aliphatic rings. The van der Waals surface area contributed by atoms with Crippen LogP contribution in [0.15, 0.2) is 91.0 Å². The van der Waals surface area contributed by atoms with Crippen molar-refractivity contribution in [3.63, 3.8) is 0 Å². The van der Waals surface area contributed by atoms with Crippen molar-refractivity contribution in [3.8, 4) is 0 Å². The molecule has 1 spiro atoms. The van der Waals surface area contributed by atoms with Crippen molar-refractivity contribution >= 4 is 17.8 Å². The van der Waals surface area contributed by atoms with E-state index in [9.17, 15) is 19.5 Å². The zero-order chi connectivity index (χ0) is 27.0. The van der Waals surface area contributed by atoms with Gasteiger partial charge in [-0.05, 0) is 49.0 Å². The number of hydrogen-bond acceptors (Lipinski definition) is 4. The van der Waals surface area contributed by atoms with Crippen LogP contribution in [-0.4, -0.2) is 64.4 Å². The van der Waals surface area contributed by atoms with Crippen molar-refractivity contribution in [2.45, 2.75) is 43.3 Å². The van der Waals surface area contributed by atoms with Crippen LogP contribution >= 0.6 is 0 Å². The van der Waals surface area contributed by atoms with E-state index in [4.69, 9.17) is 0 Å². The Balaban J connectivity index is 1.20. The van der Waals surface area contributed by atoms with Crippen LogP contribution in [0.1, 0.15) is 47.9 Å². The maximum absolute atomic E-state index is 14.1. The highest BCUT2D eigenvalue weighted by molar-refractivity contribution is 5.92. The Morgan fingerprint density at radius 3 is 1.90 bits per heavy atom. The summed E-state index contributed by atoms with van der Waals surface area (Å²) in [6, 6.07) is 28.3. The number of aliphatic carboxylic acids is 1. The van der Waals surface area contributed by atoms with E-state index in [-0.39, 0.29) is 23.9 Å². The molecular weight excluding hydrogens is 490 g/mol. The summed E-state index contributed by atoms with van der Waals surface area (Å²) in [6.07, 6.45) is 1.83. The molecule has 0 saturated carbocycles. The van der Waals surface area contributed by atoms with Crippen molar-refractivity contribution < 1.29 is 19.5 Å². The van der Waals surface area contributed by atoms with Crippen LogP contribution in [0.5, 0.6) is 0 Å². The molecule has 3 saturated heterocycles. The first-order chi connectivity index (χ1) is 19.0. The van der Waals surface area contributed by atoms with Crippen molar-refractivity contribution in [1.82, 2.24) is 15.1 Å². The lowest BCUT2D eigenvalue weighted by molar-refractivity contribution is -0.152. The summed E-state index contributed by atoms with van der Waals surface area (Å²) in [4.78, 5) is 43.1. The largest absolute Gasteiger partial charge is 0.480 e. The average Bonchev–Trinajstić information content (AvgIpc) is 3.44. The van der Waals surface area contributed by atoms with Gasteiger partial charge in [-0.1, -0.05) is 91.0 Å². The highest BCUT2D eigenvalue weighted by Crippen LogP contribution is 2.50. The van der Waals surface area contributed by atoms with E-state index in [1.54, 1.807) is 4.90 Å². The zero-order valence-electron chi connectivity index (χ0n) is 21.8. The summed E-state index contributed by atoms with van der Waals surface area (Å²) in [7, 11) is 0. The number of nitrogens with one attached hydrogen (secondary N) is 1. The molecule has 0 bridgehead atoms. The van der Waals surface area contributed by atoms with E-state index in [1.165, 1.54) is 0 Å². The lowest BCUT2D eigenvalue weighted by Crippen LogP contribution is -2.65. The molecule has 1 unspecified atom stereocenters. The first-order valence-corrected chi connectivity index (χ1v) is 13.7. The molecule has 7 heteroatoms. The van der Waals surface area contributed by atoms with Crippen molar-refractivity contribution in [2.24, 2.45) is 5.41 Å². The lowest BCUT2D eigenvalue weighted by atomic mass is 9.64. The van der Waals surface area contributed by atoms with Crippen molar-refractivity contribution in [1.29, 1.82) is 0 Å². The van der Waals surface area contributed by atoms with Gasteiger partial charge < -0.3 is 15.3 Å². The van der Waals surface area contributed by atoms with E-state index in [0.717, 1.165) is 29.5 Å². The Kier molecular flexibility index (Phi) is 6.69. The number of hydrogen-bond donors (Lipinski definition) is 2. The summed E-state index contributed by atoms with van der Waals surface area (Å²) in [5.74, 6) is -1.61. The Bertz CT molecular complexity index is 1300. The minimum absolute atomic E-state index is 0.0132. The second kappa shape index (κ2) is 10.3. The normalized spacial score (nSPS) is 24.4. The molecule has 3 aromatic carbocycles. The van der Waals surface area contributed by atoms with E-state index >= 15 is 0 Å². The van der Waals surface area contributed by atoms with Gasteiger partial charge in [-0.25, -0.2) is 4.79 Å². The van der Waals surface area contributed by atoms with E-state index < -0.39 is 23.3 Å². The maximum Gasteiger partial charge on any atom is 0.326 e. The van der Waals surface area contributed by atoms with Crippen LogP contribution in [0.2, 0.25) is 0 Å². The minimum Gasteiger partial charge on any atom is -0.480 e. The standard InChI is InChI=1S/C32H33N3O4/c36-29(27(22-10-4-1-5-11-22)23-12-6-2-7-13-23)35-21-25(20-26(35)30(37)38)34-18-16-32(17-19-34)28(33-31(32)39)24-14-8-3-9-15-24/h1-15,25-28H,16-21H2,(H,33,39)(H,37,38)/t25-,26-,28?/m0/s1. The third-order valence-electron chi connectivity index (χ3n) is 8.98. The first kappa shape index (κ1) is 25.3. The van der Waals surface area contributed by atoms with Crippen molar-refractivity contribution in [2.75, 3.05) is 19.6 Å². The average molecular weight is 524 g/mol. The Labute approximate surface area is 228 Å². The molecule has 39 heavy (non-hydrogen) atoms. The van der Waals surface area contributed by atoms with Crippen LogP contribution in [0.4, 0.5) is 0 Å². The van der Waals surface area contributed by atoms with Crippen molar-refractivity contribution in [3.05, 3.63) is 108 Å². The molecule has 3 fully saturated rings. The highest BCUT2D eigenvalue weighted by Gasteiger charge is 2.57. The SMILES string of the molecule is O=C(O)[C@@H]1C[C@H](N2CCC3(CC2)C(=O)NC3c2ccccc2)CN1C(=O)C(c1ccccc1)c1ccccc1. The molecule has 0 radical (unpaired) electrons. The zero-order valence-corrected chi connectivity index (χ0v) is 21.8.